The van der Waals surface area contributed by atoms with Crippen LogP contribution in [0.3, 0.4) is 0 Å². The van der Waals surface area contributed by atoms with E-state index in [0.717, 1.165) is 62.4 Å². The lowest BCUT2D eigenvalue weighted by Crippen LogP contribution is -2.53. The molecule has 2 saturated carbocycles. The van der Waals surface area contributed by atoms with Crippen LogP contribution in [0.4, 0.5) is 0 Å². The van der Waals surface area contributed by atoms with Crippen LogP contribution in [0.1, 0.15) is 88.5 Å². The largest absolute Gasteiger partial charge is 0.497 e. The molecule has 0 amide bonds. The van der Waals surface area contributed by atoms with E-state index in [1.165, 1.54) is 13.8 Å². The maximum atomic E-state index is 14.2. The van der Waals surface area contributed by atoms with Crippen molar-refractivity contribution in [2.24, 2.45) is 22.7 Å². The Morgan fingerprint density at radius 3 is 1.47 bits per heavy atom. The summed E-state index contributed by atoms with van der Waals surface area (Å²) in [6.45, 7) is 28.3. The molecule has 0 spiro atoms. The van der Waals surface area contributed by atoms with Gasteiger partial charge in [-0.1, -0.05) is 57.0 Å². The van der Waals surface area contributed by atoms with E-state index in [1.807, 2.05) is 77.9 Å². The van der Waals surface area contributed by atoms with Gasteiger partial charge in [-0.05, 0) is 130 Å². The van der Waals surface area contributed by atoms with E-state index < -0.39 is 75.2 Å². The van der Waals surface area contributed by atoms with Crippen molar-refractivity contribution < 1.29 is 57.8 Å². The zero-order chi connectivity index (χ0) is 49.4. The monoisotopic (exact) mass is 948 g/mol. The maximum absolute atomic E-state index is 14.2. The molecule has 0 saturated heterocycles. The van der Waals surface area contributed by atoms with Gasteiger partial charge in [0.2, 0.25) is 0 Å². The fourth-order valence-electron chi connectivity index (χ4n) is 11.2. The molecule has 0 aliphatic heterocycles. The lowest BCUT2D eigenvalue weighted by Gasteiger charge is -2.44. The van der Waals surface area contributed by atoms with Crippen molar-refractivity contribution in [1.82, 2.24) is 0 Å². The number of esters is 4. The Hall–Kier alpha value is -4.25. The molecule has 2 N–H and O–H groups in total. The molecule has 4 aliphatic carbocycles. The van der Waals surface area contributed by atoms with Gasteiger partial charge < -0.3 is 38.6 Å². The summed E-state index contributed by atoms with van der Waals surface area (Å²) in [5.41, 5.74) is 4.52. The topological polar surface area (TPSA) is 164 Å². The maximum Gasteiger partial charge on any atom is 0.320 e. The van der Waals surface area contributed by atoms with Crippen LogP contribution >= 0.6 is 0 Å². The summed E-state index contributed by atoms with van der Waals surface area (Å²) >= 11 is 0. The Labute approximate surface area is 394 Å². The van der Waals surface area contributed by atoms with E-state index in [1.54, 1.807) is 14.2 Å². The third-order valence-electron chi connectivity index (χ3n) is 14.8. The van der Waals surface area contributed by atoms with Crippen LogP contribution in [0, 0.1) is 36.5 Å². The predicted molar refractivity (Wildman–Crippen MR) is 260 cm³/mol. The molecule has 10 atom stereocenters. The van der Waals surface area contributed by atoms with Gasteiger partial charge in [0, 0.05) is 53.7 Å². The Morgan fingerprint density at radius 2 is 1.03 bits per heavy atom. The number of hydrogen-bond donors (Lipinski definition) is 2. The van der Waals surface area contributed by atoms with Crippen molar-refractivity contribution in [1.29, 1.82) is 0 Å². The first-order chi connectivity index (χ1) is 30.6. The average molecular weight is 949 g/mol. The fraction of sp³-hybridized carbons (Fsp3) is 0.615. The van der Waals surface area contributed by atoms with E-state index in [-0.39, 0.29) is 23.7 Å². The second-order valence-corrected chi connectivity index (χ2v) is 32.9. The van der Waals surface area contributed by atoms with Gasteiger partial charge in [-0.15, -0.1) is 0 Å². The molecule has 4 aliphatic rings. The lowest BCUT2D eigenvalue weighted by molar-refractivity contribution is -0.174. The van der Waals surface area contributed by atoms with Gasteiger partial charge in [0.1, 0.15) is 34.5 Å². The summed E-state index contributed by atoms with van der Waals surface area (Å²) in [7, 11) is 0.420. The van der Waals surface area contributed by atoms with Gasteiger partial charge in [0.15, 0.2) is 0 Å². The molecule has 0 radical (unpaired) electrons. The number of carbonyl (C=O) groups is 4. The highest BCUT2D eigenvalue weighted by molar-refractivity contribution is 6.76. The lowest BCUT2D eigenvalue weighted by atomic mass is 9.64. The number of carbonyl (C=O) groups excluding carboxylic acids is 4. The van der Waals surface area contributed by atoms with Gasteiger partial charge >= 0.3 is 23.9 Å². The van der Waals surface area contributed by atoms with E-state index >= 15 is 0 Å². The minimum atomic E-state index is -1.45. The number of hydrogen-bond acceptors (Lipinski definition) is 12. The molecular weight excluding hydrogens is 873 g/mol. The number of aryl methyl sites for hydroxylation is 2. The molecule has 2 aromatic rings. The minimum Gasteiger partial charge on any atom is -0.497 e. The van der Waals surface area contributed by atoms with Gasteiger partial charge in [-0.2, -0.15) is 0 Å². The average Bonchev–Trinajstić information content (AvgIpc) is 3.66. The van der Waals surface area contributed by atoms with E-state index in [9.17, 15) is 29.4 Å². The highest BCUT2D eigenvalue weighted by Crippen LogP contribution is 2.64. The molecule has 6 rings (SSSR count). The first-order valence-corrected chi connectivity index (χ1v) is 30.8. The Balaban J connectivity index is 0.000000251. The summed E-state index contributed by atoms with van der Waals surface area (Å²) in [5.74, 6) is -1.66. The zero-order valence-corrected chi connectivity index (χ0v) is 44.3. The van der Waals surface area contributed by atoms with Gasteiger partial charge in [-0.3, -0.25) is 19.2 Å². The third kappa shape index (κ3) is 10.3. The quantitative estimate of drug-likeness (QED) is 0.0800. The van der Waals surface area contributed by atoms with Crippen molar-refractivity contribution in [2.45, 2.75) is 156 Å². The molecule has 14 heteroatoms. The molecule has 12 nitrogen and oxygen atoms in total. The Bertz CT molecular complexity index is 2240. The van der Waals surface area contributed by atoms with Crippen LogP contribution < -0.4 is 9.47 Å². The van der Waals surface area contributed by atoms with Crippen LogP contribution in [0.25, 0.3) is 0 Å². The zero-order valence-electron chi connectivity index (χ0n) is 42.3. The van der Waals surface area contributed by atoms with Crippen LogP contribution in [0.5, 0.6) is 11.5 Å². The molecule has 0 heterocycles. The molecular formula is C52H76O12Si2. The third-order valence-corrected chi connectivity index (χ3v) is 18.2. The van der Waals surface area contributed by atoms with Crippen molar-refractivity contribution >= 4 is 40.0 Å². The van der Waals surface area contributed by atoms with Crippen LogP contribution in [0.2, 0.25) is 51.4 Å². The Morgan fingerprint density at radius 1 is 0.606 bits per heavy atom. The van der Waals surface area contributed by atoms with Gasteiger partial charge in [0.25, 0.3) is 0 Å². The number of benzene rings is 2. The fourth-order valence-corrected chi connectivity index (χ4v) is 12.6. The van der Waals surface area contributed by atoms with Crippen molar-refractivity contribution in [3.05, 3.63) is 80.9 Å². The first-order valence-electron chi connectivity index (χ1n) is 23.4. The van der Waals surface area contributed by atoms with Crippen molar-refractivity contribution in [2.75, 3.05) is 27.4 Å². The number of methoxy groups -OCH3 is 2. The molecule has 10 unspecified atom stereocenters. The molecule has 2 fully saturated rings. The number of fused-ring (bicyclic) bond motifs is 4. The van der Waals surface area contributed by atoms with Crippen LogP contribution in [-0.4, -0.2) is 102 Å². The number of rotatable bonds is 14. The summed E-state index contributed by atoms with van der Waals surface area (Å²) < 4.78 is 34.5. The highest BCUT2D eigenvalue weighted by Gasteiger charge is 2.69. The van der Waals surface area contributed by atoms with Gasteiger partial charge in [0.05, 0.1) is 39.6 Å². The summed E-state index contributed by atoms with van der Waals surface area (Å²) in [6.07, 6.45) is -2.13. The van der Waals surface area contributed by atoms with Crippen molar-refractivity contribution in [3.8, 4) is 11.5 Å². The molecule has 364 valence electrons. The second-order valence-electron chi connectivity index (χ2n) is 21.7. The molecule has 2 aromatic carbocycles. The normalized spacial score (nSPS) is 29.1. The minimum absolute atomic E-state index is 0.280. The Kier molecular flexibility index (Phi) is 16.1. The number of aliphatic hydroxyl groups excluding tert-OH is 2. The van der Waals surface area contributed by atoms with Gasteiger partial charge in [-0.25, -0.2) is 0 Å². The molecule has 66 heavy (non-hydrogen) atoms. The summed E-state index contributed by atoms with van der Waals surface area (Å²) in [6, 6.07) is 13.6. The number of ether oxygens (including phenoxy) is 6. The SMILES string of the molecule is COc1cc(C)cc(C2CC3C(O)C(C)=C(C)C2(C(=O)OCC[Si](C)(C)C)C3O)c1.COc1cc(C)cc(C2CC3C(OC(C)=O)C(C)=C(C)C2(C(=O)OCC[Si](C)(C)C)C3OC(C)=O)c1. The number of aliphatic hydroxyl groups is 2. The van der Waals surface area contributed by atoms with Crippen molar-refractivity contribution in [3.63, 3.8) is 0 Å². The van der Waals surface area contributed by atoms with Crippen LogP contribution in [-0.2, 0) is 38.1 Å². The van der Waals surface area contributed by atoms with E-state index in [0.29, 0.717) is 31.8 Å². The van der Waals surface area contributed by atoms with Crippen LogP contribution in [0.15, 0.2) is 58.7 Å². The first kappa shape index (κ1) is 52.7. The summed E-state index contributed by atoms with van der Waals surface area (Å²) in [5, 5.41) is 22.2. The van der Waals surface area contributed by atoms with E-state index in [2.05, 4.69) is 39.3 Å². The standard InChI is InChI=1S/C28H40O7Si.C24H36O5Si/c1-16-12-21(14-22(13-16)32-6)24-15-23-25(34-19(4)29)17(2)18(3)28(24,26(23)35-20(5)30)27(31)33-10-11-36(7,8)9;1-14-10-17(12-18(11-14)28-4)20-13-19-21(25)15(2)16(3)24(20,22(19)26)23(27)29-8-9-30(5,6)7/h12-14,23-26H,10-11,15H2,1-9H3;10-12,19-22,25-26H,8-9,13H2,1-7H3. The smallest absolute Gasteiger partial charge is 0.320 e. The predicted octanol–water partition coefficient (Wildman–Crippen LogP) is 9.24. The summed E-state index contributed by atoms with van der Waals surface area (Å²) in [4.78, 5) is 52.2. The van der Waals surface area contributed by atoms with E-state index in [4.69, 9.17) is 28.4 Å². The molecule has 0 aromatic heterocycles. The molecule has 4 bridgehead atoms. The second kappa shape index (κ2) is 20.2. The highest BCUT2D eigenvalue weighted by atomic mass is 28.3.